The molecule has 0 bridgehead atoms. The van der Waals surface area contributed by atoms with Gasteiger partial charge in [-0.2, -0.15) is 0 Å². The highest BCUT2D eigenvalue weighted by Crippen LogP contribution is 2.31. The van der Waals surface area contributed by atoms with Crippen LogP contribution in [0.1, 0.15) is 23.7 Å². The number of hydrogen-bond acceptors (Lipinski definition) is 5. The summed E-state index contributed by atoms with van der Waals surface area (Å²) < 4.78 is 5.05. The molecule has 1 unspecified atom stereocenters. The van der Waals surface area contributed by atoms with Gasteiger partial charge in [0.25, 0.3) is 11.6 Å². The molecule has 0 aromatic heterocycles. The number of carbonyl (C=O) groups is 1. The predicted octanol–water partition coefficient (Wildman–Crippen LogP) is 1.20. The van der Waals surface area contributed by atoms with Crippen LogP contribution in [-0.2, 0) is 0 Å². The zero-order chi connectivity index (χ0) is 14.9. The molecule has 1 aromatic carbocycles. The number of nitro benzene ring substituents is 1. The number of likely N-dealkylation sites (tertiary alicyclic amines) is 1. The molecule has 1 fully saturated rings. The Morgan fingerprint density at radius 1 is 1.55 bits per heavy atom. The topological polar surface area (TPSA) is 92.9 Å². The lowest BCUT2D eigenvalue weighted by Crippen LogP contribution is -2.34. The van der Waals surface area contributed by atoms with Gasteiger partial charge in [0.15, 0.2) is 5.56 Å². The average Bonchev–Trinajstić information content (AvgIpc) is 2.77. The van der Waals surface area contributed by atoms with Gasteiger partial charge >= 0.3 is 0 Å². The number of nitro groups is 1. The molecule has 108 valence electrons. The summed E-state index contributed by atoms with van der Waals surface area (Å²) in [5, 5.41) is 21.0. The van der Waals surface area contributed by atoms with Crippen LogP contribution in [-0.4, -0.2) is 46.6 Å². The number of rotatable bonds is 3. The highest BCUT2D eigenvalue weighted by atomic mass is 16.6. The minimum Gasteiger partial charge on any atom is -0.496 e. The molecule has 0 saturated carbocycles. The molecule has 20 heavy (non-hydrogen) atoms. The molecule has 1 amide bonds. The minimum atomic E-state index is -0.952. The van der Waals surface area contributed by atoms with E-state index < -0.39 is 16.4 Å². The third kappa shape index (κ3) is 2.57. The van der Waals surface area contributed by atoms with Gasteiger partial charge in [-0.05, 0) is 19.4 Å². The molecule has 1 heterocycles. The van der Waals surface area contributed by atoms with Gasteiger partial charge in [-0.25, -0.2) is 0 Å². The second-order valence-electron chi connectivity index (χ2n) is 5.09. The number of carbonyl (C=O) groups excluding carboxylic acids is 1. The Balaban J connectivity index is 2.41. The molecular weight excluding hydrogens is 264 g/mol. The van der Waals surface area contributed by atoms with Gasteiger partial charge in [0.05, 0.1) is 17.6 Å². The van der Waals surface area contributed by atoms with Crippen molar-refractivity contribution in [2.24, 2.45) is 0 Å². The third-order valence-electron chi connectivity index (χ3n) is 3.37. The van der Waals surface area contributed by atoms with Crippen LogP contribution in [0.25, 0.3) is 0 Å². The molecule has 0 radical (unpaired) electrons. The lowest BCUT2D eigenvalue weighted by Gasteiger charge is -2.19. The first-order valence-corrected chi connectivity index (χ1v) is 6.19. The van der Waals surface area contributed by atoms with Crippen LogP contribution < -0.4 is 4.74 Å². The molecular formula is C13H16N2O5. The molecule has 0 spiro atoms. The van der Waals surface area contributed by atoms with Gasteiger partial charge in [-0.3, -0.25) is 14.9 Å². The Kier molecular flexibility index (Phi) is 3.63. The maximum absolute atomic E-state index is 12.5. The van der Waals surface area contributed by atoms with E-state index >= 15 is 0 Å². The van der Waals surface area contributed by atoms with Crippen LogP contribution in [0.5, 0.6) is 5.75 Å². The number of ether oxygens (including phenoxy) is 1. The fourth-order valence-electron chi connectivity index (χ4n) is 2.33. The van der Waals surface area contributed by atoms with E-state index in [2.05, 4.69) is 0 Å². The highest BCUT2D eigenvalue weighted by Gasteiger charge is 2.37. The Morgan fingerprint density at radius 2 is 2.25 bits per heavy atom. The molecule has 1 aliphatic rings. The van der Waals surface area contributed by atoms with Crippen LogP contribution in [0.15, 0.2) is 18.2 Å². The summed E-state index contributed by atoms with van der Waals surface area (Å²) >= 11 is 0. The maximum atomic E-state index is 12.5. The zero-order valence-electron chi connectivity index (χ0n) is 11.3. The van der Waals surface area contributed by atoms with Crippen molar-refractivity contribution >= 4 is 11.6 Å². The number of methoxy groups -OCH3 is 1. The first-order valence-electron chi connectivity index (χ1n) is 6.19. The lowest BCUT2D eigenvalue weighted by atomic mass is 10.1. The first-order chi connectivity index (χ1) is 9.35. The normalized spacial score (nSPS) is 21.9. The van der Waals surface area contributed by atoms with Crippen molar-refractivity contribution < 1.29 is 19.6 Å². The first kappa shape index (κ1) is 14.3. The van der Waals surface area contributed by atoms with Crippen molar-refractivity contribution in [1.29, 1.82) is 0 Å². The Labute approximate surface area is 115 Å². The number of β-amino-alcohol motifs (C(OH)–C–C–N with tert-alkyl or cyclic N) is 1. The second-order valence-corrected chi connectivity index (χ2v) is 5.09. The van der Waals surface area contributed by atoms with E-state index in [4.69, 9.17) is 4.74 Å². The van der Waals surface area contributed by atoms with E-state index in [1.807, 2.05) is 0 Å². The quantitative estimate of drug-likeness (QED) is 0.663. The van der Waals surface area contributed by atoms with Crippen LogP contribution >= 0.6 is 0 Å². The number of benzene rings is 1. The lowest BCUT2D eigenvalue weighted by molar-refractivity contribution is -0.385. The monoisotopic (exact) mass is 280 g/mol. The fraction of sp³-hybridized carbons (Fsp3) is 0.462. The number of amides is 1. The molecule has 1 N–H and O–H groups in total. The zero-order valence-corrected chi connectivity index (χ0v) is 11.3. The molecule has 1 saturated heterocycles. The molecule has 1 aliphatic heterocycles. The Morgan fingerprint density at radius 3 is 2.75 bits per heavy atom. The summed E-state index contributed by atoms with van der Waals surface area (Å²) in [4.78, 5) is 24.3. The van der Waals surface area contributed by atoms with E-state index in [9.17, 15) is 20.0 Å². The summed E-state index contributed by atoms with van der Waals surface area (Å²) in [6.45, 7) is 2.15. The third-order valence-corrected chi connectivity index (χ3v) is 3.37. The second kappa shape index (κ2) is 5.09. The molecule has 1 aromatic rings. The van der Waals surface area contributed by atoms with E-state index in [1.165, 1.54) is 30.2 Å². The fourth-order valence-corrected chi connectivity index (χ4v) is 2.33. The average molecular weight is 280 g/mol. The van der Waals surface area contributed by atoms with E-state index in [1.54, 1.807) is 6.92 Å². The Hall–Kier alpha value is -2.15. The van der Waals surface area contributed by atoms with Crippen LogP contribution in [0, 0.1) is 10.1 Å². The molecule has 1 atom stereocenters. The standard InChI is InChI=1S/C13H16N2O5/c1-13(17)6-7-14(8-13)12(16)11-9(15(18)19)4-3-5-10(11)20-2/h3-5,17H,6-8H2,1-2H3. The van der Waals surface area contributed by atoms with Gasteiger partial charge in [0, 0.05) is 19.2 Å². The van der Waals surface area contributed by atoms with Crippen molar-refractivity contribution in [3.63, 3.8) is 0 Å². The van der Waals surface area contributed by atoms with E-state index in [-0.39, 0.29) is 23.5 Å². The Bertz CT molecular complexity index is 556. The van der Waals surface area contributed by atoms with Crippen molar-refractivity contribution in [1.82, 2.24) is 4.90 Å². The highest BCUT2D eigenvalue weighted by molar-refractivity contribution is 6.01. The van der Waals surface area contributed by atoms with Crippen LogP contribution in [0.4, 0.5) is 5.69 Å². The maximum Gasteiger partial charge on any atom is 0.285 e. The van der Waals surface area contributed by atoms with Crippen molar-refractivity contribution in [2.75, 3.05) is 20.2 Å². The summed E-state index contributed by atoms with van der Waals surface area (Å²) in [5.74, 6) is -0.331. The van der Waals surface area contributed by atoms with Crippen LogP contribution in [0.3, 0.4) is 0 Å². The van der Waals surface area contributed by atoms with Crippen molar-refractivity contribution in [2.45, 2.75) is 18.9 Å². The summed E-state index contributed by atoms with van der Waals surface area (Å²) in [5.41, 5.74) is -1.31. The predicted molar refractivity (Wildman–Crippen MR) is 70.8 cm³/mol. The van der Waals surface area contributed by atoms with Gasteiger partial charge in [-0.1, -0.05) is 6.07 Å². The number of hydrogen-bond donors (Lipinski definition) is 1. The number of aliphatic hydroxyl groups is 1. The summed E-state index contributed by atoms with van der Waals surface area (Å²) in [7, 11) is 1.36. The van der Waals surface area contributed by atoms with E-state index in [0.717, 1.165) is 0 Å². The van der Waals surface area contributed by atoms with E-state index in [0.29, 0.717) is 13.0 Å². The van der Waals surface area contributed by atoms with Gasteiger partial charge in [-0.15, -0.1) is 0 Å². The number of nitrogens with zero attached hydrogens (tertiary/aromatic N) is 2. The molecule has 0 aliphatic carbocycles. The molecule has 7 heteroatoms. The van der Waals surface area contributed by atoms with Gasteiger partial charge < -0.3 is 14.7 Å². The summed E-state index contributed by atoms with van der Waals surface area (Å²) in [6.07, 6.45) is 0.446. The molecule has 7 nitrogen and oxygen atoms in total. The smallest absolute Gasteiger partial charge is 0.285 e. The van der Waals surface area contributed by atoms with Crippen LogP contribution in [0.2, 0.25) is 0 Å². The SMILES string of the molecule is COc1cccc([N+](=O)[O-])c1C(=O)N1CCC(C)(O)C1. The van der Waals surface area contributed by atoms with Gasteiger partial charge in [0.1, 0.15) is 5.75 Å². The summed E-state index contributed by atoms with van der Waals surface area (Å²) in [6, 6.07) is 4.24. The minimum absolute atomic E-state index is 0.0716. The van der Waals surface area contributed by atoms with Gasteiger partial charge in [0.2, 0.25) is 0 Å². The largest absolute Gasteiger partial charge is 0.496 e. The molecule has 2 rings (SSSR count). The van der Waals surface area contributed by atoms with Crippen molar-refractivity contribution in [3.8, 4) is 5.75 Å². The van der Waals surface area contributed by atoms with Crippen molar-refractivity contribution in [3.05, 3.63) is 33.9 Å².